The number of carbonyl (C=O) groups excluding carboxylic acids is 2. The molecule has 1 aliphatic heterocycles. The zero-order valence-electron chi connectivity index (χ0n) is 15.0. The Balaban J connectivity index is 1.42. The number of imide groups is 1. The third kappa shape index (κ3) is 3.36. The maximum absolute atomic E-state index is 12.7. The van der Waals surface area contributed by atoms with Crippen LogP contribution in [0, 0.1) is 6.92 Å². The zero-order valence-corrected chi connectivity index (χ0v) is 15.7. The highest BCUT2D eigenvalue weighted by atomic mass is 35.5. The number of aromatic nitrogens is 1. The van der Waals surface area contributed by atoms with Crippen molar-refractivity contribution in [1.82, 2.24) is 10.3 Å². The third-order valence-electron chi connectivity index (χ3n) is 5.02. The molecule has 2 amide bonds. The summed E-state index contributed by atoms with van der Waals surface area (Å²) in [6, 6.07) is 12.9. The molecule has 0 saturated carbocycles. The second-order valence-electron chi connectivity index (χ2n) is 6.82. The molecule has 1 fully saturated rings. The Morgan fingerprint density at radius 3 is 2.85 bits per heavy atom. The van der Waals surface area contributed by atoms with Crippen LogP contribution < -0.4 is 10.2 Å². The van der Waals surface area contributed by atoms with Gasteiger partial charge < -0.3 is 10.3 Å². The van der Waals surface area contributed by atoms with Crippen LogP contribution in [0.1, 0.15) is 17.5 Å². The molecule has 2 heterocycles. The van der Waals surface area contributed by atoms with Gasteiger partial charge in [-0.05, 0) is 42.7 Å². The summed E-state index contributed by atoms with van der Waals surface area (Å²) in [5, 5.41) is 4.96. The standard InChI is InChI=1S/C21H20ClN3O2/c1-13-6-7-15(10-17(13)22)25-20(26)11-19(21(25)27)23-9-8-14-12-24-18-5-3-2-4-16(14)18/h2-7,10,12,19,23-24H,8-9,11H2,1H3/t19-/m1/s1. The summed E-state index contributed by atoms with van der Waals surface area (Å²) in [5.41, 5.74) is 3.73. The van der Waals surface area contributed by atoms with Gasteiger partial charge in [-0.1, -0.05) is 35.9 Å². The summed E-state index contributed by atoms with van der Waals surface area (Å²) in [5.74, 6) is -0.427. The minimum absolute atomic E-state index is 0.165. The number of anilines is 1. The predicted molar refractivity (Wildman–Crippen MR) is 107 cm³/mol. The molecule has 3 aromatic rings. The van der Waals surface area contributed by atoms with E-state index in [1.807, 2.05) is 37.4 Å². The molecular weight excluding hydrogens is 362 g/mol. The molecule has 0 aliphatic carbocycles. The maximum Gasteiger partial charge on any atom is 0.251 e. The predicted octanol–water partition coefficient (Wildman–Crippen LogP) is 3.59. The molecule has 1 saturated heterocycles. The van der Waals surface area contributed by atoms with Crippen LogP contribution in [-0.4, -0.2) is 29.4 Å². The van der Waals surface area contributed by atoms with Gasteiger partial charge in [0.2, 0.25) is 5.91 Å². The van der Waals surface area contributed by atoms with Crippen LogP contribution in [0.15, 0.2) is 48.7 Å². The van der Waals surface area contributed by atoms with Crippen LogP contribution in [-0.2, 0) is 16.0 Å². The van der Waals surface area contributed by atoms with Crippen molar-refractivity contribution >= 4 is 40.0 Å². The lowest BCUT2D eigenvalue weighted by atomic mass is 10.1. The zero-order chi connectivity index (χ0) is 19.0. The highest BCUT2D eigenvalue weighted by Crippen LogP contribution is 2.27. The number of benzene rings is 2. The number of rotatable bonds is 5. The van der Waals surface area contributed by atoms with Gasteiger partial charge in [-0.3, -0.25) is 9.59 Å². The normalized spacial score (nSPS) is 17.3. The summed E-state index contributed by atoms with van der Waals surface area (Å²) >= 11 is 6.14. The minimum atomic E-state index is -0.497. The number of aryl methyl sites for hydroxylation is 1. The number of carbonyl (C=O) groups is 2. The lowest BCUT2D eigenvalue weighted by Gasteiger charge is -2.16. The summed E-state index contributed by atoms with van der Waals surface area (Å²) in [4.78, 5) is 29.6. The van der Waals surface area contributed by atoms with E-state index in [1.165, 1.54) is 15.8 Å². The Labute approximate surface area is 162 Å². The number of nitrogens with one attached hydrogen (secondary N) is 2. The number of amides is 2. The summed E-state index contributed by atoms with van der Waals surface area (Å²) in [6.45, 7) is 2.50. The third-order valence-corrected chi connectivity index (χ3v) is 5.43. The van der Waals surface area contributed by atoms with Gasteiger partial charge in [-0.25, -0.2) is 4.90 Å². The van der Waals surface area contributed by atoms with Gasteiger partial charge in [0.05, 0.1) is 18.2 Å². The molecule has 0 bridgehead atoms. The lowest BCUT2D eigenvalue weighted by molar-refractivity contribution is -0.121. The summed E-state index contributed by atoms with van der Waals surface area (Å²) < 4.78 is 0. The first-order valence-corrected chi connectivity index (χ1v) is 9.34. The van der Waals surface area contributed by atoms with Crippen molar-refractivity contribution in [1.29, 1.82) is 0 Å². The fourth-order valence-corrected chi connectivity index (χ4v) is 3.68. The first-order chi connectivity index (χ1) is 13.0. The molecule has 27 heavy (non-hydrogen) atoms. The van der Waals surface area contributed by atoms with E-state index in [4.69, 9.17) is 11.6 Å². The SMILES string of the molecule is Cc1ccc(N2C(=O)C[C@@H](NCCc3c[nH]c4ccccc34)C2=O)cc1Cl. The van der Waals surface area contributed by atoms with Crippen LogP contribution in [0.25, 0.3) is 10.9 Å². The first kappa shape index (κ1) is 17.8. The minimum Gasteiger partial charge on any atom is -0.361 e. The van der Waals surface area contributed by atoms with Gasteiger partial charge >= 0.3 is 0 Å². The first-order valence-electron chi connectivity index (χ1n) is 8.96. The number of hydrogen-bond donors (Lipinski definition) is 2. The second kappa shape index (κ2) is 7.18. The van der Waals surface area contributed by atoms with Crippen molar-refractivity contribution in [3.05, 3.63) is 64.8 Å². The fraction of sp³-hybridized carbons (Fsp3) is 0.238. The molecule has 0 spiro atoms. The maximum atomic E-state index is 12.7. The highest BCUT2D eigenvalue weighted by Gasteiger charge is 2.39. The number of fused-ring (bicyclic) bond motifs is 1. The molecule has 1 aliphatic rings. The van der Waals surface area contributed by atoms with E-state index in [0.29, 0.717) is 17.3 Å². The molecular formula is C21H20ClN3O2. The van der Waals surface area contributed by atoms with E-state index in [9.17, 15) is 9.59 Å². The Morgan fingerprint density at radius 2 is 2.04 bits per heavy atom. The molecule has 6 heteroatoms. The van der Waals surface area contributed by atoms with E-state index in [2.05, 4.69) is 16.4 Å². The van der Waals surface area contributed by atoms with E-state index < -0.39 is 6.04 Å². The number of hydrogen-bond acceptors (Lipinski definition) is 3. The second-order valence-corrected chi connectivity index (χ2v) is 7.23. The monoisotopic (exact) mass is 381 g/mol. The van der Waals surface area contributed by atoms with E-state index >= 15 is 0 Å². The van der Waals surface area contributed by atoms with Crippen molar-refractivity contribution in [3.8, 4) is 0 Å². The molecule has 138 valence electrons. The van der Waals surface area contributed by atoms with Crippen molar-refractivity contribution in [3.63, 3.8) is 0 Å². The molecule has 2 N–H and O–H groups in total. The van der Waals surface area contributed by atoms with Gasteiger partial charge in [0.1, 0.15) is 0 Å². The van der Waals surface area contributed by atoms with Gasteiger partial charge in [0.15, 0.2) is 0 Å². The van der Waals surface area contributed by atoms with Gasteiger partial charge in [0.25, 0.3) is 5.91 Å². The molecule has 4 rings (SSSR count). The van der Waals surface area contributed by atoms with Crippen molar-refractivity contribution < 1.29 is 9.59 Å². The molecule has 0 radical (unpaired) electrons. The molecule has 5 nitrogen and oxygen atoms in total. The number of H-pyrrole nitrogens is 1. The van der Waals surface area contributed by atoms with Crippen LogP contribution >= 0.6 is 11.6 Å². The van der Waals surface area contributed by atoms with E-state index in [-0.39, 0.29) is 18.2 Å². The van der Waals surface area contributed by atoms with Gasteiger partial charge in [-0.2, -0.15) is 0 Å². The summed E-state index contributed by atoms with van der Waals surface area (Å²) in [6.07, 6.45) is 2.94. The highest BCUT2D eigenvalue weighted by molar-refractivity contribution is 6.32. The Bertz CT molecular complexity index is 1030. The van der Waals surface area contributed by atoms with Gasteiger partial charge in [-0.15, -0.1) is 0 Å². The van der Waals surface area contributed by atoms with Crippen LogP contribution in [0.5, 0.6) is 0 Å². The Kier molecular flexibility index (Phi) is 4.72. The van der Waals surface area contributed by atoms with Crippen LogP contribution in [0.2, 0.25) is 5.02 Å². The van der Waals surface area contributed by atoms with Crippen LogP contribution in [0.4, 0.5) is 5.69 Å². The Hall–Kier alpha value is -2.63. The number of halogens is 1. The molecule has 2 aromatic carbocycles. The molecule has 0 unspecified atom stereocenters. The fourth-order valence-electron chi connectivity index (χ4n) is 3.50. The van der Waals surface area contributed by atoms with Crippen molar-refractivity contribution in [2.24, 2.45) is 0 Å². The smallest absolute Gasteiger partial charge is 0.251 e. The van der Waals surface area contributed by atoms with Crippen molar-refractivity contribution in [2.45, 2.75) is 25.8 Å². The summed E-state index contributed by atoms with van der Waals surface area (Å²) in [7, 11) is 0. The Morgan fingerprint density at radius 1 is 1.22 bits per heavy atom. The topological polar surface area (TPSA) is 65.2 Å². The largest absolute Gasteiger partial charge is 0.361 e. The number of aromatic amines is 1. The quantitative estimate of drug-likeness (QED) is 0.664. The number of nitrogens with zero attached hydrogens (tertiary/aromatic N) is 1. The van der Waals surface area contributed by atoms with E-state index in [0.717, 1.165) is 17.5 Å². The van der Waals surface area contributed by atoms with Crippen molar-refractivity contribution in [2.75, 3.05) is 11.4 Å². The lowest BCUT2D eigenvalue weighted by Crippen LogP contribution is -2.39. The average molecular weight is 382 g/mol. The van der Waals surface area contributed by atoms with Crippen LogP contribution in [0.3, 0.4) is 0 Å². The van der Waals surface area contributed by atoms with Gasteiger partial charge in [0, 0.05) is 28.7 Å². The van der Waals surface area contributed by atoms with E-state index in [1.54, 1.807) is 12.1 Å². The molecule has 1 atom stereocenters. The molecule has 1 aromatic heterocycles. The average Bonchev–Trinajstić information content (AvgIpc) is 3.19. The number of para-hydroxylation sites is 1.